The second kappa shape index (κ2) is 27.6. The van der Waals surface area contributed by atoms with Gasteiger partial charge < -0.3 is 24.0 Å². The molecule has 0 amide bonds. The molecule has 0 aliphatic carbocycles. The fourth-order valence-electron chi connectivity index (χ4n) is 5.06. The highest BCUT2D eigenvalue weighted by Gasteiger charge is 2.36. The molecule has 262 valence electrons. The molecule has 1 fully saturated rings. The summed E-state index contributed by atoms with van der Waals surface area (Å²) in [5.74, 6) is -0.921. The highest BCUT2D eigenvalue weighted by Crippen LogP contribution is 2.36. The predicted octanol–water partition coefficient (Wildman–Crippen LogP) is 9.05. The van der Waals surface area contributed by atoms with E-state index in [0.29, 0.717) is 25.0 Å². The number of esters is 2. The predicted molar refractivity (Wildman–Crippen MR) is 179 cm³/mol. The average Bonchev–Trinajstić information content (AvgIpc) is 3.76. The van der Waals surface area contributed by atoms with Crippen LogP contribution in [0.15, 0.2) is 24.3 Å². The number of rotatable bonds is 31. The zero-order valence-corrected chi connectivity index (χ0v) is 29.1. The molecular weight excluding hydrogens is 595 g/mol. The Labute approximate surface area is 273 Å². The van der Waals surface area contributed by atoms with Crippen molar-refractivity contribution in [2.24, 2.45) is 0 Å². The zero-order chi connectivity index (χ0) is 33.0. The second-order valence-electron chi connectivity index (χ2n) is 12.2. The van der Waals surface area contributed by atoms with Gasteiger partial charge in [-0.05, 0) is 57.8 Å². The number of unbranched alkanes of at least 4 members (excludes halogenated alkanes) is 14. The lowest BCUT2D eigenvalue weighted by Gasteiger charge is -2.18. The smallest absolute Gasteiger partial charge is 0.462 e. The molecule has 0 aromatic carbocycles. The van der Waals surface area contributed by atoms with E-state index in [-0.39, 0.29) is 19.4 Å². The third-order valence-electron chi connectivity index (χ3n) is 7.87. The summed E-state index contributed by atoms with van der Waals surface area (Å²) in [5, 5.41) is 0. The minimum atomic E-state index is -4.75. The molecule has 0 radical (unpaired) electrons. The van der Waals surface area contributed by atoms with Crippen molar-refractivity contribution in [3.8, 4) is 0 Å². The first-order valence-electron chi connectivity index (χ1n) is 17.8. The number of phosphoric ester groups is 1. The van der Waals surface area contributed by atoms with E-state index >= 15 is 0 Å². The van der Waals surface area contributed by atoms with Gasteiger partial charge in [-0.25, -0.2) is 4.57 Å². The summed E-state index contributed by atoms with van der Waals surface area (Å²) in [6, 6.07) is 0. The maximum absolute atomic E-state index is 12.3. The standard InChI is InChI=1S/C35H63O9P/c1-3-5-7-9-11-12-13-14-15-19-24-28-35(37)43-31(30-42-45(38,39)40)29-41-34(36)27-23-20-16-18-22-26-33-32(44-33)25-21-17-10-8-6-4-2/h9,11,17,21,31-33H,3-8,10,12-16,18-20,22-30H2,1-2H3,(H2,38,39,40)/b11-9-,21-17-/t31-,32?,33?/m1/s1. The van der Waals surface area contributed by atoms with Gasteiger partial charge >= 0.3 is 19.8 Å². The molecule has 1 rings (SSSR count). The molecule has 0 spiro atoms. The van der Waals surface area contributed by atoms with E-state index in [1.165, 1.54) is 32.1 Å². The topological polar surface area (TPSA) is 132 Å². The van der Waals surface area contributed by atoms with Crippen LogP contribution in [-0.4, -0.2) is 53.3 Å². The Morgan fingerprint density at radius 1 is 0.689 bits per heavy atom. The first-order chi connectivity index (χ1) is 21.7. The maximum Gasteiger partial charge on any atom is 0.469 e. The van der Waals surface area contributed by atoms with Gasteiger partial charge in [-0.2, -0.15) is 0 Å². The van der Waals surface area contributed by atoms with Gasteiger partial charge in [-0.3, -0.25) is 14.1 Å². The van der Waals surface area contributed by atoms with Crippen molar-refractivity contribution in [3.63, 3.8) is 0 Å². The highest BCUT2D eigenvalue weighted by atomic mass is 31.2. The Morgan fingerprint density at radius 3 is 1.91 bits per heavy atom. The van der Waals surface area contributed by atoms with Gasteiger partial charge in [0.1, 0.15) is 6.61 Å². The van der Waals surface area contributed by atoms with Crippen molar-refractivity contribution < 1.29 is 42.7 Å². The van der Waals surface area contributed by atoms with E-state index < -0.39 is 32.5 Å². The Hall–Kier alpha value is -1.51. The molecule has 1 aliphatic rings. The summed E-state index contributed by atoms with van der Waals surface area (Å²) < 4.78 is 32.0. The van der Waals surface area contributed by atoms with Gasteiger partial charge in [-0.15, -0.1) is 0 Å². The normalized spacial score (nSPS) is 17.2. The third-order valence-corrected chi connectivity index (χ3v) is 8.35. The van der Waals surface area contributed by atoms with Gasteiger partial charge in [0, 0.05) is 12.8 Å². The minimum absolute atomic E-state index is 0.195. The van der Waals surface area contributed by atoms with Crippen molar-refractivity contribution in [1.82, 2.24) is 0 Å². The van der Waals surface area contributed by atoms with E-state index in [1.54, 1.807) is 0 Å². The summed E-state index contributed by atoms with van der Waals surface area (Å²) in [6.45, 7) is 3.56. The first-order valence-corrected chi connectivity index (χ1v) is 19.3. The van der Waals surface area contributed by atoms with E-state index in [0.717, 1.165) is 83.5 Å². The number of epoxide rings is 1. The van der Waals surface area contributed by atoms with Crippen LogP contribution in [0.4, 0.5) is 0 Å². The molecule has 10 heteroatoms. The number of hydrogen-bond acceptors (Lipinski definition) is 7. The molecule has 2 N–H and O–H groups in total. The monoisotopic (exact) mass is 658 g/mol. The second-order valence-corrected chi connectivity index (χ2v) is 13.5. The lowest BCUT2D eigenvalue weighted by Crippen LogP contribution is -2.29. The molecule has 0 saturated carbocycles. The van der Waals surface area contributed by atoms with Gasteiger partial charge in [0.15, 0.2) is 6.10 Å². The Balaban J connectivity index is 2.12. The van der Waals surface area contributed by atoms with Gasteiger partial charge in [0.05, 0.1) is 18.8 Å². The maximum atomic E-state index is 12.3. The molecule has 1 heterocycles. The van der Waals surface area contributed by atoms with Gasteiger partial charge in [-0.1, -0.05) is 109 Å². The fraction of sp³-hybridized carbons (Fsp3) is 0.829. The van der Waals surface area contributed by atoms with Crippen LogP contribution in [-0.2, 0) is 32.9 Å². The number of phosphoric acid groups is 1. The lowest BCUT2D eigenvalue weighted by molar-refractivity contribution is -0.161. The molecule has 45 heavy (non-hydrogen) atoms. The van der Waals surface area contributed by atoms with E-state index in [1.807, 2.05) is 0 Å². The first kappa shape index (κ1) is 41.5. The molecule has 1 aliphatic heterocycles. The van der Waals surface area contributed by atoms with Crippen molar-refractivity contribution in [1.29, 1.82) is 0 Å². The van der Waals surface area contributed by atoms with Crippen LogP contribution < -0.4 is 0 Å². The van der Waals surface area contributed by atoms with Gasteiger partial charge in [0.25, 0.3) is 0 Å². The summed E-state index contributed by atoms with van der Waals surface area (Å²) in [4.78, 5) is 42.6. The Kier molecular flexibility index (Phi) is 25.5. The summed E-state index contributed by atoms with van der Waals surface area (Å²) >= 11 is 0. The van der Waals surface area contributed by atoms with Crippen LogP contribution in [0.1, 0.15) is 155 Å². The summed E-state index contributed by atoms with van der Waals surface area (Å²) in [7, 11) is -4.75. The summed E-state index contributed by atoms with van der Waals surface area (Å²) in [6.07, 6.45) is 30.7. The number of carbonyl (C=O) groups is 2. The number of ether oxygens (including phenoxy) is 3. The van der Waals surface area contributed by atoms with Crippen LogP contribution in [0, 0.1) is 0 Å². The van der Waals surface area contributed by atoms with Crippen LogP contribution in [0.3, 0.4) is 0 Å². The van der Waals surface area contributed by atoms with Crippen LogP contribution in [0.5, 0.6) is 0 Å². The molecule has 2 unspecified atom stereocenters. The lowest BCUT2D eigenvalue weighted by atomic mass is 10.1. The molecule has 0 bridgehead atoms. The van der Waals surface area contributed by atoms with Crippen LogP contribution in [0.2, 0.25) is 0 Å². The Morgan fingerprint density at radius 2 is 1.24 bits per heavy atom. The number of hydrogen-bond donors (Lipinski definition) is 2. The molecular formula is C35H63O9P. The van der Waals surface area contributed by atoms with E-state index in [2.05, 4.69) is 42.7 Å². The van der Waals surface area contributed by atoms with E-state index in [9.17, 15) is 14.2 Å². The van der Waals surface area contributed by atoms with Crippen LogP contribution >= 0.6 is 7.82 Å². The average molecular weight is 659 g/mol. The number of allylic oxidation sites excluding steroid dienone is 3. The third kappa shape index (κ3) is 27.3. The Bertz CT molecular complexity index is 854. The molecule has 9 nitrogen and oxygen atoms in total. The SMILES string of the molecule is CCCC/C=C\CCCCCCCC(=O)O[C@H](COC(=O)CCCCCCCC1OC1C/C=C\CCCCC)COP(=O)(O)O. The van der Waals surface area contributed by atoms with E-state index in [4.69, 9.17) is 24.0 Å². The molecule has 0 aromatic heterocycles. The number of carbonyl (C=O) groups excluding carboxylic acids is 2. The van der Waals surface area contributed by atoms with Gasteiger partial charge in [0.2, 0.25) is 0 Å². The molecule has 3 atom stereocenters. The molecule has 0 aromatic rings. The quantitative estimate of drug-likeness (QED) is 0.0246. The molecule has 1 saturated heterocycles. The fourth-order valence-corrected chi connectivity index (χ4v) is 5.43. The van der Waals surface area contributed by atoms with Crippen molar-refractivity contribution >= 4 is 19.8 Å². The van der Waals surface area contributed by atoms with Crippen molar-refractivity contribution in [2.45, 2.75) is 173 Å². The minimum Gasteiger partial charge on any atom is -0.462 e. The largest absolute Gasteiger partial charge is 0.469 e. The highest BCUT2D eigenvalue weighted by molar-refractivity contribution is 7.46. The van der Waals surface area contributed by atoms with Crippen molar-refractivity contribution in [3.05, 3.63) is 24.3 Å². The van der Waals surface area contributed by atoms with Crippen molar-refractivity contribution in [2.75, 3.05) is 13.2 Å². The zero-order valence-electron chi connectivity index (χ0n) is 28.2. The summed E-state index contributed by atoms with van der Waals surface area (Å²) in [5.41, 5.74) is 0. The van der Waals surface area contributed by atoms with Crippen LogP contribution in [0.25, 0.3) is 0 Å².